The second-order valence-corrected chi connectivity index (χ2v) is 5.61. The van der Waals surface area contributed by atoms with Crippen molar-refractivity contribution in [3.05, 3.63) is 35.9 Å². The highest BCUT2D eigenvalue weighted by Crippen LogP contribution is 2.32. The van der Waals surface area contributed by atoms with E-state index in [1.807, 2.05) is 12.1 Å². The van der Waals surface area contributed by atoms with Crippen LogP contribution in [0.25, 0.3) is 0 Å². The van der Waals surface area contributed by atoms with E-state index in [-0.39, 0.29) is 18.4 Å². The lowest BCUT2D eigenvalue weighted by Crippen LogP contribution is -2.20. The van der Waals surface area contributed by atoms with Crippen LogP contribution in [0.2, 0.25) is 0 Å². The van der Waals surface area contributed by atoms with E-state index in [2.05, 4.69) is 15.0 Å². The van der Waals surface area contributed by atoms with Gasteiger partial charge < -0.3 is 18.8 Å². The molecular weight excluding hydrogens is 286 g/mol. The van der Waals surface area contributed by atoms with Crippen molar-refractivity contribution in [1.82, 2.24) is 15.0 Å². The predicted octanol–water partition coefficient (Wildman–Crippen LogP) is 1.06. The summed E-state index contributed by atoms with van der Waals surface area (Å²) in [5, 5.41) is 13.6. The smallest absolute Gasteiger partial charge is 0.231 e. The Hall–Kier alpha value is -1.70. The maximum atomic E-state index is 9.63. The molecule has 0 bridgehead atoms. The average Bonchev–Trinajstić information content (AvgIpc) is 3.25. The molecule has 7 nitrogen and oxygen atoms in total. The quantitative estimate of drug-likeness (QED) is 0.818. The summed E-state index contributed by atoms with van der Waals surface area (Å²) in [6.45, 7) is 2.97. The Balaban J connectivity index is 1.65. The number of nitrogens with zero attached hydrogens (tertiary/aromatic N) is 3. The van der Waals surface area contributed by atoms with Crippen molar-refractivity contribution < 1.29 is 18.8 Å². The number of aromatic nitrogens is 2. The van der Waals surface area contributed by atoms with Crippen LogP contribution in [0.5, 0.6) is 0 Å². The van der Waals surface area contributed by atoms with Gasteiger partial charge in [0.1, 0.15) is 5.76 Å². The van der Waals surface area contributed by atoms with Crippen LogP contribution in [-0.4, -0.2) is 53.6 Å². The molecule has 1 aliphatic heterocycles. The molecule has 1 aliphatic rings. The van der Waals surface area contributed by atoms with Gasteiger partial charge in [-0.15, -0.1) is 0 Å². The highest BCUT2D eigenvalue weighted by atomic mass is 16.5. The van der Waals surface area contributed by atoms with E-state index in [0.29, 0.717) is 24.7 Å². The summed E-state index contributed by atoms with van der Waals surface area (Å²) in [4.78, 5) is 6.68. The monoisotopic (exact) mass is 307 g/mol. The Labute approximate surface area is 128 Å². The highest BCUT2D eigenvalue weighted by Gasteiger charge is 2.37. The number of hydrogen-bond acceptors (Lipinski definition) is 7. The van der Waals surface area contributed by atoms with Gasteiger partial charge in [0.15, 0.2) is 5.82 Å². The molecule has 7 heteroatoms. The number of ether oxygens (including phenoxy) is 1. The van der Waals surface area contributed by atoms with Crippen LogP contribution >= 0.6 is 0 Å². The Morgan fingerprint density at radius 1 is 1.45 bits per heavy atom. The number of likely N-dealkylation sites (tertiary alicyclic amines) is 1. The number of hydrogen-bond donors (Lipinski definition) is 1. The first-order chi connectivity index (χ1) is 10.8. The van der Waals surface area contributed by atoms with Gasteiger partial charge in [0, 0.05) is 39.1 Å². The van der Waals surface area contributed by atoms with Gasteiger partial charge in [-0.1, -0.05) is 5.16 Å². The van der Waals surface area contributed by atoms with Gasteiger partial charge >= 0.3 is 0 Å². The van der Waals surface area contributed by atoms with Crippen molar-refractivity contribution in [1.29, 1.82) is 0 Å². The van der Waals surface area contributed by atoms with E-state index in [9.17, 15) is 5.11 Å². The lowest BCUT2D eigenvalue weighted by atomic mass is 9.97. The van der Waals surface area contributed by atoms with Gasteiger partial charge in [-0.25, -0.2) is 0 Å². The minimum Gasteiger partial charge on any atom is -0.468 e. The van der Waals surface area contributed by atoms with E-state index >= 15 is 0 Å². The summed E-state index contributed by atoms with van der Waals surface area (Å²) < 4.78 is 15.8. The third-order valence-electron chi connectivity index (χ3n) is 4.04. The highest BCUT2D eigenvalue weighted by molar-refractivity contribution is 5.05. The minimum atomic E-state index is 0.0590. The minimum absolute atomic E-state index is 0.0590. The Kier molecular flexibility index (Phi) is 4.87. The molecule has 0 amide bonds. The van der Waals surface area contributed by atoms with E-state index in [1.165, 1.54) is 0 Å². The van der Waals surface area contributed by atoms with Crippen molar-refractivity contribution in [3.8, 4) is 0 Å². The normalized spacial score (nSPS) is 22.5. The first kappa shape index (κ1) is 15.2. The fraction of sp³-hybridized carbons (Fsp3) is 0.600. The molecule has 0 aliphatic carbocycles. The zero-order valence-corrected chi connectivity index (χ0v) is 12.6. The van der Waals surface area contributed by atoms with E-state index < -0.39 is 0 Å². The SMILES string of the molecule is COCCc1noc([C@@H]2CN(Cc3ccco3)C[C@H]2CO)n1. The van der Waals surface area contributed by atoms with Gasteiger partial charge in [-0.2, -0.15) is 4.98 Å². The van der Waals surface area contributed by atoms with Crippen LogP contribution in [0, 0.1) is 5.92 Å². The van der Waals surface area contributed by atoms with E-state index in [0.717, 1.165) is 25.4 Å². The molecule has 0 radical (unpaired) electrons. The standard InChI is InChI=1S/C15H21N3O4/c1-20-6-4-14-16-15(22-17-14)13-9-18(7-11(13)10-19)8-12-3-2-5-21-12/h2-3,5,11,13,19H,4,6-10H2,1H3/t11-,13+/m0/s1. The van der Waals surface area contributed by atoms with Crippen LogP contribution in [0.1, 0.15) is 23.4 Å². The van der Waals surface area contributed by atoms with Crippen LogP contribution in [0.15, 0.2) is 27.3 Å². The molecule has 1 N–H and O–H groups in total. The van der Waals surface area contributed by atoms with E-state index in [4.69, 9.17) is 13.7 Å². The predicted molar refractivity (Wildman–Crippen MR) is 77.2 cm³/mol. The lowest BCUT2D eigenvalue weighted by molar-refractivity contribution is 0.199. The fourth-order valence-electron chi connectivity index (χ4n) is 2.89. The number of aliphatic hydroxyl groups excluding tert-OH is 1. The average molecular weight is 307 g/mol. The molecule has 2 atom stereocenters. The summed E-state index contributed by atoms with van der Waals surface area (Å²) in [5.41, 5.74) is 0. The zero-order chi connectivity index (χ0) is 15.4. The number of rotatable bonds is 7. The topological polar surface area (TPSA) is 84.8 Å². The van der Waals surface area contributed by atoms with Crippen molar-refractivity contribution in [2.75, 3.05) is 33.4 Å². The third kappa shape index (κ3) is 3.37. The largest absolute Gasteiger partial charge is 0.468 e. The van der Waals surface area contributed by atoms with Gasteiger partial charge in [-0.3, -0.25) is 4.90 Å². The lowest BCUT2D eigenvalue weighted by Gasteiger charge is -2.12. The fourth-order valence-corrected chi connectivity index (χ4v) is 2.89. The second kappa shape index (κ2) is 7.04. The molecule has 0 unspecified atom stereocenters. The Bertz CT molecular complexity index is 569. The second-order valence-electron chi connectivity index (χ2n) is 5.61. The first-order valence-corrected chi connectivity index (χ1v) is 7.47. The number of furan rings is 1. The summed E-state index contributed by atoms with van der Waals surface area (Å²) in [6.07, 6.45) is 2.30. The van der Waals surface area contributed by atoms with Crippen LogP contribution in [-0.2, 0) is 17.7 Å². The summed E-state index contributed by atoms with van der Waals surface area (Å²) in [6, 6.07) is 3.84. The van der Waals surface area contributed by atoms with Crippen molar-refractivity contribution in [2.45, 2.75) is 18.9 Å². The molecular formula is C15H21N3O4. The molecule has 3 rings (SSSR count). The maximum absolute atomic E-state index is 9.63. The molecule has 0 saturated carbocycles. The molecule has 3 heterocycles. The van der Waals surface area contributed by atoms with Crippen LogP contribution in [0.3, 0.4) is 0 Å². The molecule has 120 valence electrons. The molecule has 0 spiro atoms. The Morgan fingerprint density at radius 3 is 3.09 bits per heavy atom. The maximum Gasteiger partial charge on any atom is 0.231 e. The van der Waals surface area contributed by atoms with E-state index in [1.54, 1.807) is 13.4 Å². The summed E-state index contributed by atoms with van der Waals surface area (Å²) in [7, 11) is 1.65. The molecule has 1 fully saturated rings. The summed E-state index contributed by atoms with van der Waals surface area (Å²) >= 11 is 0. The van der Waals surface area contributed by atoms with Crippen LogP contribution < -0.4 is 0 Å². The zero-order valence-electron chi connectivity index (χ0n) is 12.6. The van der Waals surface area contributed by atoms with Gasteiger partial charge in [0.25, 0.3) is 0 Å². The molecule has 2 aromatic heterocycles. The molecule has 2 aromatic rings. The molecule has 0 aromatic carbocycles. The van der Waals surface area contributed by atoms with Crippen LogP contribution in [0.4, 0.5) is 0 Å². The van der Waals surface area contributed by atoms with Crippen molar-refractivity contribution >= 4 is 0 Å². The third-order valence-corrected chi connectivity index (χ3v) is 4.04. The Morgan fingerprint density at radius 2 is 2.36 bits per heavy atom. The van der Waals surface area contributed by atoms with Gasteiger partial charge in [-0.05, 0) is 12.1 Å². The summed E-state index contributed by atoms with van der Waals surface area (Å²) in [5.74, 6) is 2.34. The molecule has 22 heavy (non-hydrogen) atoms. The van der Waals surface area contributed by atoms with Crippen molar-refractivity contribution in [2.24, 2.45) is 5.92 Å². The van der Waals surface area contributed by atoms with Crippen molar-refractivity contribution in [3.63, 3.8) is 0 Å². The van der Waals surface area contributed by atoms with Gasteiger partial charge in [0.2, 0.25) is 5.89 Å². The first-order valence-electron chi connectivity index (χ1n) is 7.47. The molecule has 1 saturated heterocycles. The van der Waals surface area contributed by atoms with Gasteiger partial charge in [0.05, 0.1) is 25.3 Å². The number of aliphatic hydroxyl groups is 1. The number of methoxy groups -OCH3 is 1.